The summed E-state index contributed by atoms with van der Waals surface area (Å²) in [4.78, 5) is 27.6. The molecule has 0 aliphatic heterocycles. The van der Waals surface area contributed by atoms with Crippen LogP contribution in [0.15, 0.2) is 54.7 Å². The van der Waals surface area contributed by atoms with Crippen LogP contribution in [0.1, 0.15) is 11.1 Å². The highest BCUT2D eigenvalue weighted by molar-refractivity contribution is 5.93. The van der Waals surface area contributed by atoms with E-state index in [1.807, 2.05) is 55.6 Å². The molecule has 2 aromatic carbocycles. The summed E-state index contributed by atoms with van der Waals surface area (Å²) in [5.41, 5.74) is 3.62. The van der Waals surface area contributed by atoms with Gasteiger partial charge in [-0.05, 0) is 36.2 Å². The Morgan fingerprint density at radius 3 is 2.73 bits per heavy atom. The number of aromatic nitrogens is 1. The molecule has 0 aliphatic carbocycles. The van der Waals surface area contributed by atoms with Gasteiger partial charge in [0, 0.05) is 29.2 Å². The number of hydrogen-bond acceptors (Lipinski definition) is 3. The van der Waals surface area contributed by atoms with Gasteiger partial charge < -0.3 is 20.4 Å². The van der Waals surface area contributed by atoms with Crippen molar-refractivity contribution < 1.29 is 14.3 Å². The number of ether oxygens (including phenoxy) is 1. The van der Waals surface area contributed by atoms with Crippen LogP contribution in [0.5, 0.6) is 0 Å². The van der Waals surface area contributed by atoms with Crippen molar-refractivity contribution in [1.82, 2.24) is 10.3 Å². The Labute approximate surface area is 151 Å². The van der Waals surface area contributed by atoms with Crippen LogP contribution in [0.3, 0.4) is 0 Å². The van der Waals surface area contributed by atoms with E-state index in [1.54, 1.807) is 6.07 Å². The molecule has 1 unspecified atom stereocenters. The molecule has 3 rings (SSSR count). The molecule has 2 amide bonds. The Morgan fingerprint density at radius 2 is 1.96 bits per heavy atom. The van der Waals surface area contributed by atoms with Gasteiger partial charge in [0.2, 0.25) is 0 Å². The number of amides is 2. The number of esters is 1. The topological polar surface area (TPSA) is 83.2 Å². The SMILES string of the molecule is COC(=O)C(Cc1c[nH]c2ccccc12)NC(=O)Nc1cccc(C)c1. The molecule has 0 bridgehead atoms. The van der Waals surface area contributed by atoms with Gasteiger partial charge >= 0.3 is 12.0 Å². The number of anilines is 1. The zero-order chi connectivity index (χ0) is 18.5. The zero-order valence-electron chi connectivity index (χ0n) is 14.7. The van der Waals surface area contributed by atoms with Crippen LogP contribution in [0, 0.1) is 6.92 Å². The second kappa shape index (κ2) is 7.74. The number of hydrogen-bond donors (Lipinski definition) is 3. The lowest BCUT2D eigenvalue weighted by Crippen LogP contribution is -2.45. The third-order valence-corrected chi connectivity index (χ3v) is 4.17. The average Bonchev–Trinajstić information content (AvgIpc) is 3.03. The number of carbonyl (C=O) groups excluding carboxylic acids is 2. The first kappa shape index (κ1) is 17.5. The Morgan fingerprint density at radius 1 is 1.15 bits per heavy atom. The molecular weight excluding hydrogens is 330 g/mol. The number of rotatable bonds is 5. The summed E-state index contributed by atoms with van der Waals surface area (Å²) in [6, 6.07) is 14.0. The number of nitrogens with one attached hydrogen (secondary N) is 3. The molecule has 6 heteroatoms. The minimum Gasteiger partial charge on any atom is -0.467 e. The molecule has 134 valence electrons. The molecule has 0 fully saturated rings. The molecule has 3 aromatic rings. The van der Waals surface area contributed by atoms with Crippen molar-refractivity contribution in [2.45, 2.75) is 19.4 Å². The molecule has 6 nitrogen and oxygen atoms in total. The minimum atomic E-state index is -0.788. The van der Waals surface area contributed by atoms with Gasteiger partial charge in [-0.15, -0.1) is 0 Å². The standard InChI is InChI=1S/C20H21N3O3/c1-13-6-5-7-15(10-13)22-20(25)23-18(19(24)26-2)11-14-12-21-17-9-4-3-8-16(14)17/h3-10,12,18,21H,11H2,1-2H3,(H2,22,23,25). The van der Waals surface area contributed by atoms with E-state index in [2.05, 4.69) is 15.6 Å². The Balaban J connectivity index is 1.74. The van der Waals surface area contributed by atoms with Crippen LogP contribution in [0.2, 0.25) is 0 Å². The van der Waals surface area contributed by atoms with Gasteiger partial charge in [0.15, 0.2) is 0 Å². The summed E-state index contributed by atoms with van der Waals surface area (Å²) in [7, 11) is 1.31. The maximum atomic E-state index is 12.3. The van der Waals surface area contributed by atoms with Crippen molar-refractivity contribution in [3.63, 3.8) is 0 Å². The molecule has 0 aliphatic rings. The molecule has 1 aromatic heterocycles. The molecule has 0 radical (unpaired) electrons. The van der Waals surface area contributed by atoms with Gasteiger partial charge in [-0.3, -0.25) is 0 Å². The van der Waals surface area contributed by atoms with E-state index >= 15 is 0 Å². The largest absolute Gasteiger partial charge is 0.467 e. The monoisotopic (exact) mass is 351 g/mol. The lowest BCUT2D eigenvalue weighted by atomic mass is 10.1. The lowest BCUT2D eigenvalue weighted by molar-refractivity contribution is -0.142. The van der Waals surface area contributed by atoms with E-state index in [1.165, 1.54) is 7.11 Å². The van der Waals surface area contributed by atoms with E-state index in [0.29, 0.717) is 12.1 Å². The summed E-state index contributed by atoms with van der Waals surface area (Å²) in [5.74, 6) is -0.491. The predicted molar refractivity (Wildman–Crippen MR) is 101 cm³/mol. The fraction of sp³-hybridized carbons (Fsp3) is 0.200. The second-order valence-corrected chi connectivity index (χ2v) is 6.11. The number of H-pyrrole nitrogens is 1. The van der Waals surface area contributed by atoms with E-state index in [0.717, 1.165) is 22.0 Å². The molecule has 1 heterocycles. The maximum absolute atomic E-state index is 12.3. The lowest BCUT2D eigenvalue weighted by Gasteiger charge is -2.17. The third kappa shape index (κ3) is 4.03. The van der Waals surface area contributed by atoms with Crippen LogP contribution in [-0.2, 0) is 16.0 Å². The number of aryl methyl sites for hydroxylation is 1. The molecule has 0 saturated heterocycles. The second-order valence-electron chi connectivity index (χ2n) is 6.11. The molecule has 3 N–H and O–H groups in total. The van der Waals surface area contributed by atoms with Crippen molar-refractivity contribution >= 4 is 28.6 Å². The molecule has 0 spiro atoms. The predicted octanol–water partition coefficient (Wildman–Crippen LogP) is 3.38. The number of fused-ring (bicyclic) bond motifs is 1. The number of benzene rings is 2. The summed E-state index contributed by atoms with van der Waals surface area (Å²) >= 11 is 0. The van der Waals surface area contributed by atoms with Crippen molar-refractivity contribution in [3.8, 4) is 0 Å². The Kier molecular flexibility index (Phi) is 5.22. The third-order valence-electron chi connectivity index (χ3n) is 4.17. The van der Waals surface area contributed by atoms with Crippen molar-refractivity contribution in [3.05, 3.63) is 65.9 Å². The van der Waals surface area contributed by atoms with Gasteiger partial charge in [-0.25, -0.2) is 9.59 Å². The summed E-state index contributed by atoms with van der Waals surface area (Å²) < 4.78 is 4.85. The minimum absolute atomic E-state index is 0.331. The highest BCUT2D eigenvalue weighted by Crippen LogP contribution is 2.19. The van der Waals surface area contributed by atoms with Crippen LogP contribution in [-0.4, -0.2) is 30.1 Å². The van der Waals surface area contributed by atoms with E-state index in [9.17, 15) is 9.59 Å². The van der Waals surface area contributed by atoms with Gasteiger partial charge in [0.1, 0.15) is 6.04 Å². The first-order valence-electron chi connectivity index (χ1n) is 8.34. The number of carbonyl (C=O) groups is 2. The Bertz CT molecular complexity index is 933. The van der Waals surface area contributed by atoms with E-state index in [-0.39, 0.29) is 0 Å². The first-order valence-corrected chi connectivity index (χ1v) is 8.34. The number of urea groups is 1. The number of methoxy groups -OCH3 is 1. The van der Waals surface area contributed by atoms with Gasteiger partial charge in [-0.2, -0.15) is 0 Å². The normalized spacial score (nSPS) is 11.8. The van der Waals surface area contributed by atoms with Gasteiger partial charge in [0.05, 0.1) is 7.11 Å². The highest BCUT2D eigenvalue weighted by atomic mass is 16.5. The van der Waals surface area contributed by atoms with Crippen molar-refractivity contribution in [1.29, 1.82) is 0 Å². The van der Waals surface area contributed by atoms with Crippen LogP contribution in [0.4, 0.5) is 10.5 Å². The fourth-order valence-electron chi connectivity index (χ4n) is 2.90. The van der Waals surface area contributed by atoms with Gasteiger partial charge in [-0.1, -0.05) is 30.3 Å². The average molecular weight is 351 g/mol. The van der Waals surface area contributed by atoms with Gasteiger partial charge in [0.25, 0.3) is 0 Å². The van der Waals surface area contributed by atoms with E-state index in [4.69, 9.17) is 4.74 Å². The Hall–Kier alpha value is -3.28. The molecule has 26 heavy (non-hydrogen) atoms. The van der Waals surface area contributed by atoms with Crippen molar-refractivity contribution in [2.24, 2.45) is 0 Å². The quantitative estimate of drug-likeness (QED) is 0.616. The summed E-state index contributed by atoms with van der Waals surface area (Å²) in [5, 5.41) is 6.46. The summed E-state index contributed by atoms with van der Waals surface area (Å²) in [6.07, 6.45) is 2.18. The molecule has 1 atom stereocenters. The summed E-state index contributed by atoms with van der Waals surface area (Å²) in [6.45, 7) is 1.94. The van der Waals surface area contributed by atoms with E-state index < -0.39 is 18.0 Å². The fourth-order valence-corrected chi connectivity index (χ4v) is 2.90. The van der Waals surface area contributed by atoms with Crippen molar-refractivity contribution in [2.75, 3.05) is 12.4 Å². The van der Waals surface area contributed by atoms with Crippen LogP contribution < -0.4 is 10.6 Å². The number of aromatic amines is 1. The number of para-hydroxylation sites is 1. The maximum Gasteiger partial charge on any atom is 0.328 e. The molecule has 0 saturated carbocycles. The molecular formula is C20H21N3O3. The van der Waals surface area contributed by atoms with Crippen LogP contribution >= 0.6 is 0 Å². The van der Waals surface area contributed by atoms with Crippen LogP contribution in [0.25, 0.3) is 10.9 Å². The highest BCUT2D eigenvalue weighted by Gasteiger charge is 2.23. The zero-order valence-corrected chi connectivity index (χ0v) is 14.7. The smallest absolute Gasteiger partial charge is 0.328 e. The first-order chi connectivity index (χ1) is 12.6.